The molecule has 0 saturated heterocycles. The fourth-order valence-electron chi connectivity index (χ4n) is 1.78. The first-order valence-electron chi connectivity index (χ1n) is 6.09. The molecule has 1 aromatic heterocycles. The summed E-state index contributed by atoms with van der Waals surface area (Å²) in [6, 6.07) is 5.97. The number of carboxylic acid groups (broad SMARTS) is 1. The monoisotopic (exact) mass is 307 g/mol. The van der Waals surface area contributed by atoms with Gasteiger partial charge < -0.3 is 9.84 Å². The molecule has 0 fully saturated rings. The summed E-state index contributed by atoms with van der Waals surface area (Å²) in [5, 5.41) is 19.7. The summed E-state index contributed by atoms with van der Waals surface area (Å²) in [5.74, 6) is -0.549. The Balaban J connectivity index is 2.18. The van der Waals surface area contributed by atoms with Gasteiger partial charge in [-0.1, -0.05) is 0 Å². The maximum Gasteiger partial charge on any atom is 0.345 e. The highest BCUT2D eigenvalue weighted by atomic mass is 32.1. The Morgan fingerprint density at radius 2 is 2.10 bits per heavy atom. The maximum absolute atomic E-state index is 10.9. The van der Waals surface area contributed by atoms with Crippen LogP contribution in [0.4, 0.5) is 5.69 Å². The molecule has 0 bridgehead atoms. The van der Waals surface area contributed by atoms with Crippen molar-refractivity contribution in [3.05, 3.63) is 55.3 Å². The van der Waals surface area contributed by atoms with E-state index in [-0.39, 0.29) is 17.2 Å². The Kier molecular flexibility index (Phi) is 4.23. The van der Waals surface area contributed by atoms with Crippen LogP contribution in [0.25, 0.3) is 0 Å². The van der Waals surface area contributed by atoms with Crippen LogP contribution < -0.4 is 4.74 Å². The van der Waals surface area contributed by atoms with Gasteiger partial charge in [0.15, 0.2) is 0 Å². The van der Waals surface area contributed by atoms with Crippen LogP contribution >= 0.6 is 11.3 Å². The number of carbonyl (C=O) groups is 1. The number of carboxylic acids is 1. The summed E-state index contributed by atoms with van der Waals surface area (Å²) in [5.41, 5.74) is 1.51. The van der Waals surface area contributed by atoms with Gasteiger partial charge in [0.1, 0.15) is 17.2 Å². The highest BCUT2D eigenvalue weighted by molar-refractivity contribution is 7.14. The van der Waals surface area contributed by atoms with E-state index in [1.54, 1.807) is 19.1 Å². The number of nitrogens with zero attached hydrogens (tertiary/aromatic N) is 1. The normalized spacial score (nSPS) is 10.4. The highest BCUT2D eigenvalue weighted by Gasteiger charge is 2.13. The smallest absolute Gasteiger partial charge is 0.345 e. The number of hydrogen-bond acceptors (Lipinski definition) is 5. The molecule has 0 aliphatic rings. The number of nitro groups is 1. The quantitative estimate of drug-likeness (QED) is 0.674. The van der Waals surface area contributed by atoms with Crippen LogP contribution in [-0.2, 0) is 6.61 Å². The Bertz CT molecular complexity index is 707. The Labute approximate surface area is 124 Å². The molecule has 6 nitrogen and oxygen atoms in total. The average molecular weight is 307 g/mol. The van der Waals surface area contributed by atoms with Crippen molar-refractivity contribution in [2.24, 2.45) is 0 Å². The second kappa shape index (κ2) is 5.92. The maximum atomic E-state index is 10.9. The number of aryl methyl sites for hydroxylation is 2. The lowest BCUT2D eigenvalue weighted by Crippen LogP contribution is -1.98. The SMILES string of the molecule is Cc1ccc([N+](=O)[O-])cc1OCc1cc(C(=O)O)sc1C. The minimum atomic E-state index is -0.971. The predicted octanol–water partition coefficient (Wildman–Crippen LogP) is 3.55. The molecule has 0 saturated carbocycles. The number of benzene rings is 1. The van der Waals surface area contributed by atoms with Crippen LogP contribution in [0.2, 0.25) is 0 Å². The Morgan fingerprint density at radius 1 is 1.38 bits per heavy atom. The van der Waals surface area contributed by atoms with E-state index in [2.05, 4.69) is 0 Å². The minimum Gasteiger partial charge on any atom is -0.488 e. The lowest BCUT2D eigenvalue weighted by Gasteiger charge is -2.08. The topological polar surface area (TPSA) is 89.7 Å². The predicted molar refractivity (Wildman–Crippen MR) is 78.2 cm³/mol. The summed E-state index contributed by atoms with van der Waals surface area (Å²) < 4.78 is 5.60. The van der Waals surface area contributed by atoms with Crippen LogP contribution in [0.5, 0.6) is 5.75 Å². The van der Waals surface area contributed by atoms with Crippen molar-refractivity contribution in [1.82, 2.24) is 0 Å². The van der Waals surface area contributed by atoms with Gasteiger partial charge in [-0.15, -0.1) is 11.3 Å². The number of ether oxygens (including phenoxy) is 1. The molecule has 0 amide bonds. The van der Waals surface area contributed by atoms with Gasteiger partial charge >= 0.3 is 5.97 Å². The van der Waals surface area contributed by atoms with Crippen LogP contribution in [0.15, 0.2) is 24.3 Å². The van der Waals surface area contributed by atoms with Gasteiger partial charge in [0.05, 0.1) is 11.0 Å². The first kappa shape index (κ1) is 15.0. The van der Waals surface area contributed by atoms with Crippen LogP contribution in [-0.4, -0.2) is 16.0 Å². The van der Waals surface area contributed by atoms with Gasteiger partial charge in [0.2, 0.25) is 0 Å². The molecule has 110 valence electrons. The largest absolute Gasteiger partial charge is 0.488 e. The van der Waals surface area contributed by atoms with Crippen molar-refractivity contribution in [2.75, 3.05) is 0 Å². The van der Waals surface area contributed by atoms with E-state index in [1.165, 1.54) is 23.5 Å². The number of nitro benzene ring substituents is 1. The number of rotatable bonds is 5. The van der Waals surface area contributed by atoms with Crippen molar-refractivity contribution in [3.63, 3.8) is 0 Å². The average Bonchev–Trinajstić information content (AvgIpc) is 2.79. The van der Waals surface area contributed by atoms with Crippen molar-refractivity contribution in [1.29, 1.82) is 0 Å². The van der Waals surface area contributed by atoms with E-state index in [0.29, 0.717) is 5.75 Å². The third-order valence-electron chi connectivity index (χ3n) is 3.00. The molecule has 0 unspecified atom stereocenters. The third kappa shape index (κ3) is 3.38. The fraction of sp³-hybridized carbons (Fsp3) is 0.214. The van der Waals surface area contributed by atoms with Crippen LogP contribution in [0.1, 0.15) is 25.7 Å². The van der Waals surface area contributed by atoms with Gasteiger partial charge in [-0.2, -0.15) is 0 Å². The molecule has 21 heavy (non-hydrogen) atoms. The Morgan fingerprint density at radius 3 is 2.67 bits per heavy atom. The summed E-state index contributed by atoms with van der Waals surface area (Å²) in [4.78, 5) is 22.3. The molecular weight excluding hydrogens is 294 g/mol. The van der Waals surface area contributed by atoms with Gasteiger partial charge in [-0.25, -0.2) is 4.79 Å². The fourth-order valence-corrected chi connectivity index (χ4v) is 2.65. The lowest BCUT2D eigenvalue weighted by molar-refractivity contribution is -0.385. The highest BCUT2D eigenvalue weighted by Crippen LogP contribution is 2.27. The summed E-state index contributed by atoms with van der Waals surface area (Å²) in [6.07, 6.45) is 0. The lowest BCUT2D eigenvalue weighted by atomic mass is 10.2. The number of thiophene rings is 1. The summed E-state index contributed by atoms with van der Waals surface area (Å²) >= 11 is 1.18. The standard InChI is InChI=1S/C14H13NO5S/c1-8-3-4-11(15(18)19)6-12(8)20-7-10-5-13(14(16)17)21-9(10)2/h3-6H,7H2,1-2H3,(H,16,17). The van der Waals surface area contributed by atoms with Gasteiger partial charge in [0, 0.05) is 16.5 Å². The zero-order chi connectivity index (χ0) is 15.6. The minimum absolute atomic E-state index is 0.0381. The van der Waals surface area contributed by atoms with E-state index in [4.69, 9.17) is 9.84 Å². The van der Waals surface area contributed by atoms with Crippen molar-refractivity contribution in [2.45, 2.75) is 20.5 Å². The molecule has 0 atom stereocenters. The van der Waals surface area contributed by atoms with E-state index < -0.39 is 10.9 Å². The molecule has 0 spiro atoms. The molecule has 2 rings (SSSR count). The molecule has 0 radical (unpaired) electrons. The van der Waals surface area contributed by atoms with Gasteiger partial charge in [-0.05, 0) is 31.5 Å². The van der Waals surface area contributed by atoms with E-state index >= 15 is 0 Å². The van der Waals surface area contributed by atoms with E-state index in [0.717, 1.165) is 16.0 Å². The van der Waals surface area contributed by atoms with Crippen molar-refractivity contribution >= 4 is 23.0 Å². The second-order valence-corrected chi connectivity index (χ2v) is 5.75. The zero-order valence-electron chi connectivity index (χ0n) is 11.5. The summed E-state index contributed by atoms with van der Waals surface area (Å²) in [7, 11) is 0. The number of aromatic carboxylic acids is 1. The molecule has 0 aliphatic heterocycles. The summed E-state index contributed by atoms with van der Waals surface area (Å²) in [6.45, 7) is 3.79. The van der Waals surface area contributed by atoms with Gasteiger partial charge in [0.25, 0.3) is 5.69 Å². The molecule has 1 aromatic carbocycles. The van der Waals surface area contributed by atoms with Crippen LogP contribution in [0, 0.1) is 24.0 Å². The molecule has 7 heteroatoms. The van der Waals surface area contributed by atoms with Crippen molar-refractivity contribution < 1.29 is 19.6 Å². The second-order valence-electron chi connectivity index (χ2n) is 4.49. The van der Waals surface area contributed by atoms with Crippen molar-refractivity contribution in [3.8, 4) is 5.75 Å². The number of non-ortho nitro benzene ring substituents is 1. The molecule has 1 heterocycles. The molecule has 0 aliphatic carbocycles. The zero-order valence-corrected chi connectivity index (χ0v) is 12.3. The molecule has 2 aromatic rings. The van der Waals surface area contributed by atoms with E-state index in [9.17, 15) is 14.9 Å². The third-order valence-corrected chi connectivity index (χ3v) is 4.08. The first-order chi connectivity index (χ1) is 9.88. The molecular formula is C14H13NO5S. The molecule has 1 N–H and O–H groups in total. The first-order valence-corrected chi connectivity index (χ1v) is 6.90. The Hall–Kier alpha value is -2.41. The van der Waals surface area contributed by atoms with Gasteiger partial charge in [-0.3, -0.25) is 10.1 Å². The van der Waals surface area contributed by atoms with Crippen LogP contribution in [0.3, 0.4) is 0 Å². The van der Waals surface area contributed by atoms with E-state index in [1.807, 2.05) is 6.92 Å². The number of hydrogen-bond donors (Lipinski definition) is 1.